The minimum Gasteiger partial charge on any atom is -0.490 e. The lowest BCUT2D eigenvalue weighted by molar-refractivity contribution is -0.130. The summed E-state index contributed by atoms with van der Waals surface area (Å²) in [6.45, 7) is 0.453. The Bertz CT molecular complexity index is 994. The van der Waals surface area contributed by atoms with E-state index in [4.69, 9.17) is 9.94 Å². The van der Waals surface area contributed by atoms with E-state index in [9.17, 15) is 23.2 Å². The molecule has 1 aliphatic carbocycles. The molecule has 33 heavy (non-hydrogen) atoms. The van der Waals surface area contributed by atoms with Crippen LogP contribution in [-0.4, -0.2) is 47.5 Å². The fourth-order valence-corrected chi connectivity index (χ4v) is 4.00. The number of alkyl halides is 2. The van der Waals surface area contributed by atoms with Crippen molar-refractivity contribution in [3.8, 4) is 11.5 Å². The Morgan fingerprint density at radius 2 is 2.06 bits per heavy atom. The zero-order valence-electron chi connectivity index (χ0n) is 18.1. The van der Waals surface area contributed by atoms with Gasteiger partial charge in [-0.25, -0.2) is 5.48 Å². The van der Waals surface area contributed by atoms with Gasteiger partial charge >= 0.3 is 6.61 Å². The molecule has 3 rings (SSSR count). The number of hydrogen-bond donors (Lipinski definition) is 3. The number of nitrogens with zero attached hydrogens (tertiary/aromatic N) is 1. The molecule has 0 saturated heterocycles. The normalized spacial score (nSPS) is 18.3. The van der Waals surface area contributed by atoms with Gasteiger partial charge in [0, 0.05) is 37.4 Å². The second-order valence-corrected chi connectivity index (χ2v) is 7.58. The van der Waals surface area contributed by atoms with Crippen molar-refractivity contribution in [3.05, 3.63) is 47.3 Å². The number of Topliss-reactive ketones (excluding diaryl/α,β-unsaturated/α-hetero) is 1. The van der Waals surface area contributed by atoms with Crippen LogP contribution in [0.1, 0.15) is 38.3 Å². The summed E-state index contributed by atoms with van der Waals surface area (Å²) in [5.41, 5.74) is 3.28. The number of carbonyl (C=O) groups is 3. The Hall–Kier alpha value is -3.47. The zero-order chi connectivity index (χ0) is 24.1. The van der Waals surface area contributed by atoms with Crippen LogP contribution in [0.15, 0.2) is 41.7 Å². The van der Waals surface area contributed by atoms with Gasteiger partial charge in [0.15, 0.2) is 11.5 Å². The summed E-state index contributed by atoms with van der Waals surface area (Å²) in [5.74, 6) is -1.56. The Labute approximate surface area is 189 Å². The van der Waals surface area contributed by atoms with E-state index in [0.717, 1.165) is 0 Å². The number of amides is 2. The molecule has 2 atom stereocenters. The molecular formula is C22H25F2N3O6. The molecule has 2 aliphatic rings. The number of benzene rings is 1. The van der Waals surface area contributed by atoms with Gasteiger partial charge in [-0.15, -0.1) is 0 Å². The summed E-state index contributed by atoms with van der Waals surface area (Å²) in [7, 11) is 0. The number of hydrogen-bond acceptors (Lipinski definition) is 7. The van der Waals surface area contributed by atoms with Gasteiger partial charge in [0.2, 0.25) is 11.8 Å². The second kappa shape index (κ2) is 10.4. The van der Waals surface area contributed by atoms with Gasteiger partial charge in [-0.2, -0.15) is 8.78 Å². The van der Waals surface area contributed by atoms with E-state index in [1.807, 2.05) is 0 Å². The number of allylic oxidation sites excluding steroid dienone is 2. The van der Waals surface area contributed by atoms with Crippen LogP contribution in [0.4, 0.5) is 8.78 Å². The minimum absolute atomic E-state index is 0.0288. The first-order valence-corrected chi connectivity index (χ1v) is 10.4. The molecular weight excluding hydrogens is 440 g/mol. The first kappa shape index (κ1) is 24.2. The third-order valence-corrected chi connectivity index (χ3v) is 5.36. The standard InChI is InChI=1S/C22H25F2N3O6/c1-3-32-20-8-13(4-7-19(20)33-22(23)24)17(9-21(30)26-31)27-10-14-15(11-27)18(29)6-5-16(14)25-12(2)28/h4-5,7-8,10,15,17,22,31H,3,6,9,11H2,1-2H3,(H,25,28)(H,26,30). The first-order valence-electron chi connectivity index (χ1n) is 10.4. The number of halogens is 2. The molecule has 178 valence electrons. The Morgan fingerprint density at radius 3 is 2.70 bits per heavy atom. The molecule has 1 aliphatic heterocycles. The number of nitrogens with one attached hydrogen (secondary N) is 2. The van der Waals surface area contributed by atoms with Gasteiger partial charge < -0.3 is 19.7 Å². The fraction of sp³-hybridized carbons (Fsp3) is 0.409. The van der Waals surface area contributed by atoms with Crippen molar-refractivity contribution in [1.29, 1.82) is 0 Å². The van der Waals surface area contributed by atoms with E-state index < -0.39 is 24.5 Å². The Morgan fingerprint density at radius 1 is 1.30 bits per heavy atom. The molecule has 0 spiro atoms. The van der Waals surface area contributed by atoms with Crippen LogP contribution in [0.25, 0.3) is 0 Å². The topological polar surface area (TPSA) is 117 Å². The van der Waals surface area contributed by atoms with E-state index in [0.29, 0.717) is 16.8 Å². The summed E-state index contributed by atoms with van der Waals surface area (Å²) in [6.07, 6.45) is 3.32. The molecule has 9 nitrogen and oxygen atoms in total. The van der Waals surface area contributed by atoms with Crippen molar-refractivity contribution in [2.24, 2.45) is 5.92 Å². The summed E-state index contributed by atoms with van der Waals surface area (Å²) in [4.78, 5) is 37.9. The molecule has 3 N–H and O–H groups in total. The minimum atomic E-state index is -3.04. The van der Waals surface area contributed by atoms with Gasteiger partial charge in [0.1, 0.15) is 5.78 Å². The van der Waals surface area contributed by atoms with Crippen LogP contribution in [0.5, 0.6) is 11.5 Å². The van der Waals surface area contributed by atoms with Crippen molar-refractivity contribution in [2.45, 2.75) is 39.3 Å². The third-order valence-electron chi connectivity index (χ3n) is 5.36. The van der Waals surface area contributed by atoms with Crippen molar-refractivity contribution < 1.29 is 37.8 Å². The molecule has 0 aromatic heterocycles. The van der Waals surface area contributed by atoms with E-state index in [-0.39, 0.29) is 49.2 Å². The van der Waals surface area contributed by atoms with E-state index in [2.05, 4.69) is 10.1 Å². The lowest BCUT2D eigenvalue weighted by Gasteiger charge is -2.29. The van der Waals surface area contributed by atoms with Crippen LogP contribution in [-0.2, 0) is 14.4 Å². The van der Waals surface area contributed by atoms with Crippen molar-refractivity contribution in [3.63, 3.8) is 0 Å². The zero-order valence-corrected chi connectivity index (χ0v) is 18.1. The average molecular weight is 465 g/mol. The molecule has 1 heterocycles. The summed E-state index contributed by atoms with van der Waals surface area (Å²) in [6, 6.07) is 3.66. The maximum Gasteiger partial charge on any atom is 0.387 e. The monoisotopic (exact) mass is 465 g/mol. The molecule has 1 aromatic rings. The molecule has 0 fully saturated rings. The Kier molecular flexibility index (Phi) is 7.64. The maximum absolute atomic E-state index is 12.8. The highest BCUT2D eigenvalue weighted by molar-refractivity contribution is 5.90. The third kappa shape index (κ3) is 5.67. The van der Waals surface area contributed by atoms with Crippen LogP contribution in [0, 0.1) is 5.92 Å². The number of ether oxygens (including phenoxy) is 2. The first-order chi connectivity index (χ1) is 15.7. The molecule has 0 bridgehead atoms. The highest BCUT2D eigenvalue weighted by Gasteiger charge is 2.38. The maximum atomic E-state index is 12.8. The number of ketones is 1. The molecule has 0 radical (unpaired) electrons. The highest BCUT2D eigenvalue weighted by Crippen LogP contribution is 2.40. The van der Waals surface area contributed by atoms with E-state index >= 15 is 0 Å². The quantitative estimate of drug-likeness (QED) is 0.379. The van der Waals surface area contributed by atoms with E-state index in [1.165, 1.54) is 25.1 Å². The molecule has 0 saturated carbocycles. The second-order valence-electron chi connectivity index (χ2n) is 7.58. The molecule has 11 heteroatoms. The average Bonchev–Trinajstić information content (AvgIpc) is 3.21. The summed E-state index contributed by atoms with van der Waals surface area (Å²) < 4.78 is 35.5. The highest BCUT2D eigenvalue weighted by atomic mass is 19.3. The van der Waals surface area contributed by atoms with Crippen LogP contribution >= 0.6 is 0 Å². The number of fused-ring (bicyclic) bond motifs is 1. The van der Waals surface area contributed by atoms with Gasteiger partial charge in [0.25, 0.3) is 0 Å². The lowest BCUT2D eigenvalue weighted by Crippen LogP contribution is -2.33. The lowest BCUT2D eigenvalue weighted by atomic mass is 9.88. The molecule has 2 unspecified atom stereocenters. The fourth-order valence-electron chi connectivity index (χ4n) is 4.00. The summed E-state index contributed by atoms with van der Waals surface area (Å²) >= 11 is 0. The number of rotatable bonds is 9. The number of hydroxylamine groups is 1. The van der Waals surface area contributed by atoms with Gasteiger partial charge in [-0.3, -0.25) is 19.6 Å². The van der Waals surface area contributed by atoms with Gasteiger partial charge in [-0.05, 0) is 24.6 Å². The molecule has 1 aromatic carbocycles. The number of carbonyl (C=O) groups excluding carboxylic acids is 3. The SMILES string of the molecule is CCOc1cc(C(CC(=O)NO)N2C=C3C(NC(C)=O)=CCC(=O)C3C2)ccc1OC(F)F. The van der Waals surface area contributed by atoms with Crippen molar-refractivity contribution in [1.82, 2.24) is 15.7 Å². The van der Waals surface area contributed by atoms with Crippen LogP contribution < -0.4 is 20.3 Å². The van der Waals surface area contributed by atoms with Crippen LogP contribution in [0.2, 0.25) is 0 Å². The molecule has 2 amide bonds. The summed E-state index contributed by atoms with van der Waals surface area (Å²) in [5, 5.41) is 11.8. The van der Waals surface area contributed by atoms with Gasteiger partial charge in [0.05, 0.1) is 25.0 Å². The van der Waals surface area contributed by atoms with E-state index in [1.54, 1.807) is 29.6 Å². The predicted octanol–water partition coefficient (Wildman–Crippen LogP) is 2.43. The van der Waals surface area contributed by atoms with Crippen molar-refractivity contribution in [2.75, 3.05) is 13.2 Å². The smallest absolute Gasteiger partial charge is 0.387 e. The van der Waals surface area contributed by atoms with Crippen molar-refractivity contribution >= 4 is 17.6 Å². The largest absolute Gasteiger partial charge is 0.490 e. The van der Waals surface area contributed by atoms with Crippen LogP contribution in [0.3, 0.4) is 0 Å². The Balaban J connectivity index is 1.99. The predicted molar refractivity (Wildman–Crippen MR) is 111 cm³/mol. The van der Waals surface area contributed by atoms with Gasteiger partial charge in [-0.1, -0.05) is 12.1 Å².